The van der Waals surface area contributed by atoms with Crippen molar-refractivity contribution in [1.29, 1.82) is 0 Å². The molecule has 284 valence electrons. The van der Waals surface area contributed by atoms with Crippen LogP contribution in [0.5, 0.6) is 0 Å². The highest BCUT2D eigenvalue weighted by atomic mass is 32.2. The molecule has 1 aliphatic carbocycles. The van der Waals surface area contributed by atoms with Crippen LogP contribution in [-0.2, 0) is 15.3 Å². The van der Waals surface area contributed by atoms with Gasteiger partial charge >= 0.3 is 0 Å². The van der Waals surface area contributed by atoms with E-state index in [9.17, 15) is 0 Å². The van der Waals surface area contributed by atoms with E-state index < -0.39 is 15.3 Å². The summed E-state index contributed by atoms with van der Waals surface area (Å²) in [7, 11) is -4.00. The maximum Gasteiger partial charge on any atom is 0.235 e. The predicted molar refractivity (Wildman–Crippen MR) is 239 cm³/mol. The molecular weight excluding hydrogens is 757 g/mol. The normalized spacial score (nSPS) is 14.7. The number of fused-ring (bicyclic) bond motifs is 12. The molecule has 0 atom stereocenters. The van der Waals surface area contributed by atoms with Crippen molar-refractivity contribution in [2.24, 2.45) is 0 Å². The van der Waals surface area contributed by atoms with Crippen LogP contribution in [0.1, 0.15) is 22.3 Å². The molecule has 0 saturated carbocycles. The first-order chi connectivity index (χ1) is 29.5. The summed E-state index contributed by atoms with van der Waals surface area (Å²) in [6.07, 6.45) is 0. The standard InChI is InChI=1S/C53H34N4O2S/c58-60(59)48-31-17-16-30-47(48)57(52-54-43(35-18-4-1-5-19-35)34-44(55-52)36-20-6-2-7-21-36)51-49(60)33-32-42-50(51)38-24-10-11-25-39(38)53(42)40-26-12-14-28-45(40)56(37-22-8-3-9-23-37)46-29-15-13-27-41(46)53/h1-34H. The average molecular weight is 791 g/mol. The van der Waals surface area contributed by atoms with E-state index in [-0.39, 0.29) is 9.79 Å². The van der Waals surface area contributed by atoms with Gasteiger partial charge in [-0.3, -0.25) is 4.90 Å². The SMILES string of the molecule is O=S1(=O)c2ccccc2N(c2nc(-c3ccccc3)cc(-c3ccccc3)n2)c2c1ccc1c2-c2ccccc2C12c1ccccc1N(c1ccccc1)c1ccccc12. The van der Waals surface area contributed by atoms with Crippen molar-refractivity contribution < 1.29 is 8.42 Å². The van der Waals surface area contributed by atoms with Gasteiger partial charge in [0.2, 0.25) is 15.8 Å². The highest BCUT2D eigenvalue weighted by Crippen LogP contribution is 2.66. The van der Waals surface area contributed by atoms with Crippen molar-refractivity contribution in [2.75, 3.05) is 9.80 Å². The number of benzene rings is 8. The summed E-state index contributed by atoms with van der Waals surface area (Å²) in [6, 6.07) is 69.5. The maximum atomic E-state index is 15.1. The number of sulfone groups is 1. The van der Waals surface area contributed by atoms with Gasteiger partial charge < -0.3 is 4.90 Å². The second kappa shape index (κ2) is 12.9. The number of anilines is 6. The monoisotopic (exact) mass is 790 g/mol. The summed E-state index contributed by atoms with van der Waals surface area (Å²) < 4.78 is 30.1. The first kappa shape index (κ1) is 34.4. The molecule has 7 heteroatoms. The van der Waals surface area contributed by atoms with E-state index in [1.165, 1.54) is 0 Å². The minimum atomic E-state index is -4.00. The van der Waals surface area contributed by atoms with Crippen LogP contribution in [0.25, 0.3) is 33.6 Å². The molecule has 0 unspecified atom stereocenters. The Labute approximate surface area is 348 Å². The minimum absolute atomic E-state index is 0.209. The molecule has 0 bridgehead atoms. The van der Waals surface area contributed by atoms with Crippen LogP contribution in [-0.4, -0.2) is 18.4 Å². The Hall–Kier alpha value is -7.61. The van der Waals surface area contributed by atoms with Crippen molar-refractivity contribution in [3.8, 4) is 33.6 Å². The fourth-order valence-corrected chi connectivity index (χ4v) is 11.4. The molecule has 2 aliphatic heterocycles. The van der Waals surface area contributed by atoms with E-state index >= 15 is 8.42 Å². The van der Waals surface area contributed by atoms with Crippen LogP contribution in [0.3, 0.4) is 0 Å². The molecule has 0 saturated heterocycles. The fourth-order valence-electron chi connectivity index (χ4n) is 9.82. The van der Waals surface area contributed by atoms with E-state index in [0.717, 1.165) is 73.0 Å². The molecule has 3 heterocycles. The van der Waals surface area contributed by atoms with Gasteiger partial charge in [0.1, 0.15) is 0 Å². The average Bonchev–Trinajstić information content (AvgIpc) is 3.61. The molecule has 0 N–H and O–H groups in total. The smallest absolute Gasteiger partial charge is 0.235 e. The molecular formula is C53H34N4O2S. The summed E-state index contributed by atoms with van der Waals surface area (Å²) in [5.41, 5.74) is 12.8. The summed E-state index contributed by atoms with van der Waals surface area (Å²) in [4.78, 5) is 15.4. The predicted octanol–water partition coefficient (Wildman–Crippen LogP) is 12.6. The third kappa shape index (κ3) is 4.72. The van der Waals surface area contributed by atoms with Gasteiger partial charge in [0, 0.05) is 22.4 Å². The highest BCUT2D eigenvalue weighted by Gasteiger charge is 2.54. The van der Waals surface area contributed by atoms with E-state index in [1.54, 1.807) is 12.1 Å². The highest BCUT2D eigenvalue weighted by molar-refractivity contribution is 7.92. The molecule has 1 spiro atoms. The van der Waals surface area contributed by atoms with Gasteiger partial charge in [-0.05, 0) is 76.3 Å². The Balaban J connectivity index is 1.21. The molecule has 0 radical (unpaired) electrons. The topological polar surface area (TPSA) is 66.4 Å². The van der Waals surface area contributed by atoms with Gasteiger partial charge in [0.05, 0.1) is 49.3 Å². The van der Waals surface area contributed by atoms with E-state index in [2.05, 4.69) is 102 Å². The number of hydrogen-bond acceptors (Lipinski definition) is 6. The quantitative estimate of drug-likeness (QED) is 0.177. The largest absolute Gasteiger partial charge is 0.310 e. The number of rotatable bonds is 4. The zero-order valence-electron chi connectivity index (χ0n) is 32.1. The maximum absolute atomic E-state index is 15.1. The van der Waals surface area contributed by atoms with Crippen LogP contribution < -0.4 is 9.80 Å². The summed E-state index contributed by atoms with van der Waals surface area (Å²) >= 11 is 0. The third-order valence-corrected chi connectivity index (χ3v) is 14.1. The molecule has 0 fully saturated rings. The number of nitrogens with zero attached hydrogens (tertiary/aromatic N) is 4. The van der Waals surface area contributed by atoms with Crippen molar-refractivity contribution in [3.05, 3.63) is 229 Å². The zero-order valence-corrected chi connectivity index (χ0v) is 33.0. The molecule has 9 aromatic rings. The minimum Gasteiger partial charge on any atom is -0.310 e. The van der Waals surface area contributed by atoms with Crippen LogP contribution in [0.15, 0.2) is 216 Å². The Morgan fingerprint density at radius 1 is 0.417 bits per heavy atom. The lowest BCUT2D eigenvalue weighted by atomic mass is 9.64. The summed E-state index contributed by atoms with van der Waals surface area (Å²) in [6.45, 7) is 0. The molecule has 3 aliphatic rings. The fraction of sp³-hybridized carbons (Fsp3) is 0.0189. The third-order valence-electron chi connectivity index (χ3n) is 12.2. The number of hydrogen-bond donors (Lipinski definition) is 0. The zero-order chi connectivity index (χ0) is 40.0. The Morgan fingerprint density at radius 3 is 1.53 bits per heavy atom. The molecule has 60 heavy (non-hydrogen) atoms. The van der Waals surface area contributed by atoms with E-state index in [1.807, 2.05) is 102 Å². The van der Waals surface area contributed by atoms with Crippen LogP contribution in [0.4, 0.5) is 34.4 Å². The number of para-hydroxylation sites is 4. The Morgan fingerprint density at radius 2 is 0.917 bits per heavy atom. The molecule has 8 aromatic carbocycles. The van der Waals surface area contributed by atoms with Gasteiger partial charge in [0.25, 0.3) is 0 Å². The van der Waals surface area contributed by atoms with Crippen molar-refractivity contribution in [1.82, 2.24) is 9.97 Å². The van der Waals surface area contributed by atoms with Gasteiger partial charge in [-0.1, -0.05) is 158 Å². The lowest BCUT2D eigenvalue weighted by Gasteiger charge is -2.45. The van der Waals surface area contributed by atoms with Crippen molar-refractivity contribution in [3.63, 3.8) is 0 Å². The Bertz CT molecular complexity index is 3190. The first-order valence-corrected chi connectivity index (χ1v) is 21.5. The summed E-state index contributed by atoms with van der Waals surface area (Å²) in [5, 5.41) is 0. The van der Waals surface area contributed by atoms with Crippen molar-refractivity contribution >= 4 is 44.2 Å². The molecule has 1 aromatic heterocycles. The second-order valence-corrected chi connectivity index (χ2v) is 17.2. The van der Waals surface area contributed by atoms with Crippen LogP contribution in [0, 0.1) is 0 Å². The lowest BCUT2D eigenvalue weighted by molar-refractivity contribution is 0.595. The lowest BCUT2D eigenvalue weighted by Crippen LogP contribution is -2.36. The Kier molecular flexibility index (Phi) is 7.43. The van der Waals surface area contributed by atoms with Gasteiger partial charge in [0.15, 0.2) is 0 Å². The van der Waals surface area contributed by atoms with Gasteiger partial charge in [-0.25, -0.2) is 18.4 Å². The molecule has 0 amide bonds. The number of aromatic nitrogens is 2. The second-order valence-electron chi connectivity index (χ2n) is 15.3. The van der Waals surface area contributed by atoms with Crippen LogP contribution in [0.2, 0.25) is 0 Å². The summed E-state index contributed by atoms with van der Waals surface area (Å²) in [5.74, 6) is 0.380. The van der Waals surface area contributed by atoms with Gasteiger partial charge in [-0.15, -0.1) is 0 Å². The van der Waals surface area contributed by atoms with E-state index in [4.69, 9.17) is 9.97 Å². The van der Waals surface area contributed by atoms with E-state index in [0.29, 0.717) is 17.3 Å². The molecule has 12 rings (SSSR count). The van der Waals surface area contributed by atoms with Gasteiger partial charge in [-0.2, -0.15) is 0 Å². The van der Waals surface area contributed by atoms with Crippen LogP contribution >= 0.6 is 0 Å². The first-order valence-electron chi connectivity index (χ1n) is 20.0. The van der Waals surface area contributed by atoms with Crippen molar-refractivity contribution in [2.45, 2.75) is 15.2 Å². The molecule has 6 nitrogen and oxygen atoms in total.